The number of nitrogens with zero attached hydrogens (tertiary/aromatic N) is 3. The van der Waals surface area contributed by atoms with Crippen molar-refractivity contribution in [1.29, 1.82) is 0 Å². The Kier molecular flexibility index (Phi) is 5.12. The van der Waals surface area contributed by atoms with Crippen LogP contribution in [-0.2, 0) is 19.6 Å². The maximum Gasteiger partial charge on any atom is 0.111 e. The quantitative estimate of drug-likeness (QED) is 0.888. The number of hydrogen-bond donors (Lipinski definition) is 1. The van der Waals surface area contributed by atoms with E-state index in [1.165, 1.54) is 11.1 Å². The highest BCUT2D eigenvalue weighted by atomic mass is 16.3. The molecule has 0 saturated carbocycles. The molecule has 21 heavy (non-hydrogen) atoms. The number of rotatable bonds is 6. The molecule has 1 N–H and O–H groups in total. The van der Waals surface area contributed by atoms with Crippen molar-refractivity contribution >= 4 is 0 Å². The minimum Gasteiger partial charge on any atom is -0.390 e. The van der Waals surface area contributed by atoms with Crippen LogP contribution in [0.3, 0.4) is 0 Å². The van der Waals surface area contributed by atoms with Crippen LogP contribution < -0.4 is 0 Å². The Balaban J connectivity index is 2.20. The molecule has 0 radical (unpaired) electrons. The second-order valence-corrected chi connectivity index (χ2v) is 6.29. The second kappa shape index (κ2) is 6.85. The summed E-state index contributed by atoms with van der Waals surface area (Å²) < 4.78 is 1.91. The highest BCUT2D eigenvalue weighted by molar-refractivity contribution is 5.25. The van der Waals surface area contributed by atoms with E-state index in [0.717, 1.165) is 12.1 Å². The van der Waals surface area contributed by atoms with Crippen molar-refractivity contribution in [2.24, 2.45) is 5.92 Å². The third-order valence-corrected chi connectivity index (χ3v) is 3.65. The molecule has 1 aromatic carbocycles. The van der Waals surface area contributed by atoms with Crippen LogP contribution >= 0.6 is 0 Å². The highest BCUT2D eigenvalue weighted by Crippen LogP contribution is 2.17. The fourth-order valence-electron chi connectivity index (χ4n) is 2.41. The predicted octanol–water partition coefficient (Wildman–Crippen LogP) is 3.14. The second-order valence-electron chi connectivity index (χ2n) is 6.29. The van der Waals surface area contributed by atoms with Gasteiger partial charge in [-0.2, -0.15) is 0 Å². The van der Waals surface area contributed by atoms with Gasteiger partial charge in [0.1, 0.15) is 5.69 Å². The van der Waals surface area contributed by atoms with Crippen LogP contribution in [0.1, 0.15) is 56.1 Å². The van der Waals surface area contributed by atoms with Crippen LogP contribution in [0.25, 0.3) is 0 Å². The largest absolute Gasteiger partial charge is 0.390 e. The van der Waals surface area contributed by atoms with Gasteiger partial charge >= 0.3 is 0 Å². The lowest BCUT2D eigenvalue weighted by molar-refractivity contribution is 0.275. The zero-order valence-corrected chi connectivity index (χ0v) is 13.4. The molecule has 0 saturated heterocycles. The lowest BCUT2D eigenvalue weighted by atomic mass is 10.0. The molecule has 0 bridgehead atoms. The molecule has 4 nitrogen and oxygen atoms in total. The average molecular weight is 287 g/mol. The minimum absolute atomic E-state index is 0.0473. The van der Waals surface area contributed by atoms with Crippen molar-refractivity contribution < 1.29 is 5.11 Å². The van der Waals surface area contributed by atoms with Crippen molar-refractivity contribution in [3.05, 3.63) is 46.8 Å². The van der Waals surface area contributed by atoms with Crippen LogP contribution in [0.5, 0.6) is 0 Å². The monoisotopic (exact) mass is 287 g/mol. The first kappa shape index (κ1) is 15.7. The summed E-state index contributed by atoms with van der Waals surface area (Å²) in [4.78, 5) is 0. The Morgan fingerprint density at radius 3 is 2.29 bits per heavy atom. The smallest absolute Gasteiger partial charge is 0.111 e. The van der Waals surface area contributed by atoms with Gasteiger partial charge in [-0.05, 0) is 29.4 Å². The number of aromatic nitrogens is 3. The Morgan fingerprint density at radius 2 is 1.76 bits per heavy atom. The van der Waals surface area contributed by atoms with Crippen LogP contribution in [0.4, 0.5) is 0 Å². The Morgan fingerprint density at radius 1 is 1.10 bits per heavy atom. The van der Waals surface area contributed by atoms with Crippen molar-refractivity contribution in [1.82, 2.24) is 15.0 Å². The molecule has 0 atom stereocenters. The highest BCUT2D eigenvalue weighted by Gasteiger charge is 2.14. The normalized spacial score (nSPS) is 11.6. The summed E-state index contributed by atoms with van der Waals surface area (Å²) in [5.74, 6) is 1.05. The Hall–Kier alpha value is -1.68. The summed E-state index contributed by atoms with van der Waals surface area (Å²) in [7, 11) is 0. The van der Waals surface area contributed by atoms with Gasteiger partial charge in [0.05, 0.1) is 18.8 Å². The molecule has 1 aromatic heterocycles. The van der Waals surface area contributed by atoms with Crippen molar-refractivity contribution in [2.75, 3.05) is 0 Å². The number of aliphatic hydroxyl groups is 1. The molecular formula is C17H25N3O. The maximum atomic E-state index is 9.39. The van der Waals surface area contributed by atoms with Gasteiger partial charge in [0.25, 0.3) is 0 Å². The van der Waals surface area contributed by atoms with E-state index in [1.54, 1.807) is 0 Å². The molecule has 1 heterocycles. The van der Waals surface area contributed by atoms with Crippen molar-refractivity contribution in [2.45, 2.75) is 53.2 Å². The third-order valence-electron chi connectivity index (χ3n) is 3.65. The summed E-state index contributed by atoms with van der Waals surface area (Å²) in [6.07, 6.45) is 0.882. The van der Waals surface area contributed by atoms with Gasteiger partial charge in [0, 0.05) is 0 Å². The molecule has 0 aliphatic carbocycles. The van der Waals surface area contributed by atoms with Crippen molar-refractivity contribution in [3.63, 3.8) is 0 Å². The Bertz CT molecular complexity index is 570. The molecule has 2 aromatic rings. The van der Waals surface area contributed by atoms with E-state index in [4.69, 9.17) is 0 Å². The molecule has 0 aliphatic rings. The van der Waals surface area contributed by atoms with E-state index in [1.807, 2.05) is 4.68 Å². The van der Waals surface area contributed by atoms with Gasteiger partial charge in [-0.15, -0.1) is 5.10 Å². The standard InChI is InChI=1S/C17H25N3O/c1-12(2)9-17-16(11-21)18-19-20(17)10-14-5-7-15(8-6-14)13(3)4/h5-8,12-13,21H,9-11H2,1-4H3. The van der Waals surface area contributed by atoms with E-state index >= 15 is 0 Å². The third kappa shape index (κ3) is 3.91. The summed E-state index contributed by atoms with van der Waals surface area (Å²) in [6, 6.07) is 8.64. The summed E-state index contributed by atoms with van der Waals surface area (Å²) in [5.41, 5.74) is 4.29. The van der Waals surface area contributed by atoms with E-state index in [9.17, 15) is 5.11 Å². The van der Waals surface area contributed by atoms with Gasteiger partial charge in [0.15, 0.2) is 0 Å². The summed E-state index contributed by atoms with van der Waals surface area (Å²) >= 11 is 0. The van der Waals surface area contributed by atoms with Gasteiger partial charge in [-0.1, -0.05) is 57.2 Å². The fourth-order valence-corrected chi connectivity index (χ4v) is 2.41. The first-order chi connectivity index (χ1) is 10.0. The molecule has 2 rings (SSSR count). The SMILES string of the molecule is CC(C)Cc1c(CO)nnn1Cc1ccc(C(C)C)cc1. The molecule has 0 unspecified atom stereocenters. The predicted molar refractivity (Wildman–Crippen MR) is 84.1 cm³/mol. The first-order valence-corrected chi connectivity index (χ1v) is 7.62. The molecule has 0 aliphatic heterocycles. The lowest BCUT2D eigenvalue weighted by Gasteiger charge is -2.11. The van der Waals surface area contributed by atoms with Gasteiger partial charge in [-0.3, -0.25) is 0 Å². The molecule has 4 heteroatoms. The number of benzene rings is 1. The topological polar surface area (TPSA) is 50.9 Å². The molecule has 0 spiro atoms. The minimum atomic E-state index is -0.0473. The summed E-state index contributed by atoms with van der Waals surface area (Å²) in [5, 5.41) is 17.7. The lowest BCUT2D eigenvalue weighted by Crippen LogP contribution is -2.10. The van der Waals surface area contributed by atoms with E-state index in [-0.39, 0.29) is 6.61 Å². The zero-order valence-electron chi connectivity index (χ0n) is 13.4. The van der Waals surface area contributed by atoms with Crippen LogP contribution in [0.2, 0.25) is 0 Å². The molecule has 0 fully saturated rings. The molecular weight excluding hydrogens is 262 g/mol. The van der Waals surface area contributed by atoms with Crippen molar-refractivity contribution in [3.8, 4) is 0 Å². The van der Waals surface area contributed by atoms with Gasteiger partial charge in [-0.25, -0.2) is 4.68 Å². The van der Waals surface area contributed by atoms with Crippen LogP contribution in [0.15, 0.2) is 24.3 Å². The van der Waals surface area contributed by atoms with Gasteiger partial charge < -0.3 is 5.11 Å². The van der Waals surface area contributed by atoms with E-state index in [0.29, 0.717) is 24.1 Å². The summed E-state index contributed by atoms with van der Waals surface area (Å²) in [6.45, 7) is 9.37. The number of aliphatic hydroxyl groups excluding tert-OH is 1. The Labute approximate surface area is 126 Å². The van der Waals surface area contributed by atoms with E-state index < -0.39 is 0 Å². The first-order valence-electron chi connectivity index (χ1n) is 7.62. The van der Waals surface area contributed by atoms with Crippen LogP contribution in [0, 0.1) is 5.92 Å². The number of hydrogen-bond acceptors (Lipinski definition) is 3. The molecule has 0 amide bonds. The zero-order chi connectivity index (χ0) is 15.4. The molecule has 114 valence electrons. The van der Waals surface area contributed by atoms with E-state index in [2.05, 4.69) is 62.3 Å². The van der Waals surface area contributed by atoms with Crippen LogP contribution in [-0.4, -0.2) is 20.1 Å². The average Bonchev–Trinajstić information content (AvgIpc) is 2.81. The van der Waals surface area contributed by atoms with Gasteiger partial charge in [0.2, 0.25) is 0 Å². The fraction of sp³-hybridized carbons (Fsp3) is 0.529. The maximum absolute atomic E-state index is 9.39.